The maximum atomic E-state index is 3.47. The van der Waals surface area contributed by atoms with Crippen molar-refractivity contribution in [2.45, 2.75) is 31.5 Å². The van der Waals surface area contributed by atoms with Gasteiger partial charge in [0.1, 0.15) is 0 Å². The molecule has 2 saturated heterocycles. The molecule has 2 fully saturated rings. The molecular formula is C22H29N3. The van der Waals surface area contributed by atoms with Crippen LogP contribution in [0.25, 0.3) is 0 Å². The van der Waals surface area contributed by atoms with Gasteiger partial charge in [-0.25, -0.2) is 0 Å². The van der Waals surface area contributed by atoms with Crippen molar-refractivity contribution in [3.05, 3.63) is 71.8 Å². The van der Waals surface area contributed by atoms with E-state index in [4.69, 9.17) is 0 Å². The summed E-state index contributed by atoms with van der Waals surface area (Å²) in [5.41, 5.74) is 2.82. The number of benzene rings is 2. The van der Waals surface area contributed by atoms with Crippen LogP contribution in [0.1, 0.15) is 30.5 Å². The van der Waals surface area contributed by atoms with Gasteiger partial charge in [0.15, 0.2) is 0 Å². The number of hydrogen-bond acceptors (Lipinski definition) is 3. The van der Waals surface area contributed by atoms with Gasteiger partial charge >= 0.3 is 0 Å². The van der Waals surface area contributed by atoms with Crippen molar-refractivity contribution in [1.82, 2.24) is 15.1 Å². The van der Waals surface area contributed by atoms with Crippen molar-refractivity contribution in [1.29, 1.82) is 0 Å². The second kappa shape index (κ2) is 7.69. The van der Waals surface area contributed by atoms with Crippen LogP contribution >= 0.6 is 0 Å². The van der Waals surface area contributed by atoms with Gasteiger partial charge in [0, 0.05) is 44.8 Å². The van der Waals surface area contributed by atoms with Crippen LogP contribution in [-0.4, -0.2) is 54.6 Å². The van der Waals surface area contributed by atoms with E-state index in [-0.39, 0.29) is 0 Å². The average Bonchev–Trinajstić information content (AvgIpc) is 2.67. The standard InChI is InChI=1S/C22H29N3/c1-18(24-16-13-23-14-17-24)21-12-15-25(21)22(19-8-4-2-5-9-19)20-10-6-3-7-11-20/h2-11,18,21-23H,12-17H2,1H3. The third-order valence-corrected chi connectivity index (χ3v) is 5.96. The Morgan fingerprint density at radius 3 is 1.88 bits per heavy atom. The molecule has 2 aliphatic rings. The average molecular weight is 335 g/mol. The zero-order valence-electron chi connectivity index (χ0n) is 15.1. The Morgan fingerprint density at radius 2 is 1.40 bits per heavy atom. The lowest BCUT2D eigenvalue weighted by Crippen LogP contribution is -2.61. The third kappa shape index (κ3) is 3.50. The molecule has 0 radical (unpaired) electrons. The van der Waals surface area contributed by atoms with Gasteiger partial charge in [0.05, 0.1) is 6.04 Å². The molecule has 2 aliphatic heterocycles. The summed E-state index contributed by atoms with van der Waals surface area (Å²) in [6.07, 6.45) is 1.31. The largest absolute Gasteiger partial charge is 0.314 e. The van der Waals surface area contributed by atoms with Gasteiger partial charge in [-0.2, -0.15) is 0 Å². The van der Waals surface area contributed by atoms with Crippen molar-refractivity contribution in [2.24, 2.45) is 0 Å². The highest BCUT2D eigenvalue weighted by Crippen LogP contribution is 2.37. The van der Waals surface area contributed by atoms with Gasteiger partial charge < -0.3 is 5.32 Å². The number of nitrogens with one attached hydrogen (secondary N) is 1. The van der Waals surface area contributed by atoms with Crippen molar-refractivity contribution in [2.75, 3.05) is 32.7 Å². The van der Waals surface area contributed by atoms with Gasteiger partial charge in [-0.3, -0.25) is 9.80 Å². The molecule has 2 aromatic rings. The van der Waals surface area contributed by atoms with Crippen LogP contribution in [0, 0.1) is 0 Å². The van der Waals surface area contributed by atoms with Crippen molar-refractivity contribution < 1.29 is 0 Å². The van der Waals surface area contributed by atoms with Crippen molar-refractivity contribution in [3.63, 3.8) is 0 Å². The SMILES string of the molecule is CC(C1CCN1C(c1ccccc1)c1ccccc1)N1CCNCC1. The smallest absolute Gasteiger partial charge is 0.0604 e. The Balaban J connectivity index is 1.59. The molecule has 2 aromatic carbocycles. The number of piperazine rings is 1. The molecule has 1 N–H and O–H groups in total. The van der Waals surface area contributed by atoms with Crippen molar-refractivity contribution >= 4 is 0 Å². The minimum Gasteiger partial charge on any atom is -0.314 e. The molecule has 0 aliphatic carbocycles. The fourth-order valence-corrected chi connectivity index (χ4v) is 4.44. The van der Waals surface area contributed by atoms with Gasteiger partial charge in [-0.05, 0) is 24.5 Å². The van der Waals surface area contributed by atoms with E-state index in [1.165, 1.54) is 37.2 Å². The zero-order valence-corrected chi connectivity index (χ0v) is 15.1. The highest BCUT2D eigenvalue weighted by atomic mass is 15.3. The first-order valence-corrected chi connectivity index (χ1v) is 9.65. The Kier molecular flexibility index (Phi) is 5.16. The summed E-state index contributed by atoms with van der Waals surface area (Å²) in [4.78, 5) is 5.39. The minimum atomic E-state index is 0.367. The highest BCUT2D eigenvalue weighted by molar-refractivity contribution is 5.32. The normalized spacial score (nSPS) is 23.4. The van der Waals surface area contributed by atoms with Crippen LogP contribution < -0.4 is 5.32 Å². The zero-order chi connectivity index (χ0) is 17.1. The summed E-state index contributed by atoms with van der Waals surface area (Å²) < 4.78 is 0. The predicted molar refractivity (Wildman–Crippen MR) is 104 cm³/mol. The monoisotopic (exact) mass is 335 g/mol. The molecule has 3 nitrogen and oxygen atoms in total. The maximum absolute atomic E-state index is 3.47. The van der Waals surface area contributed by atoms with E-state index in [0.717, 1.165) is 13.1 Å². The maximum Gasteiger partial charge on any atom is 0.0604 e. The van der Waals surface area contributed by atoms with E-state index in [1.807, 2.05) is 0 Å². The number of likely N-dealkylation sites (tertiary alicyclic amines) is 1. The summed E-state index contributed by atoms with van der Waals surface area (Å²) in [7, 11) is 0. The van der Waals surface area contributed by atoms with E-state index in [0.29, 0.717) is 18.1 Å². The first-order chi connectivity index (χ1) is 12.3. The van der Waals surface area contributed by atoms with Crippen molar-refractivity contribution in [3.8, 4) is 0 Å². The molecule has 0 saturated carbocycles. The first-order valence-electron chi connectivity index (χ1n) is 9.65. The molecule has 2 unspecified atom stereocenters. The Hall–Kier alpha value is -1.68. The van der Waals surface area contributed by atoms with Gasteiger partial charge in [0.25, 0.3) is 0 Å². The Labute approximate surface area is 151 Å². The molecule has 0 bridgehead atoms. The van der Waals surface area contributed by atoms with Crippen LogP contribution in [-0.2, 0) is 0 Å². The molecule has 132 valence electrons. The summed E-state index contributed by atoms with van der Waals surface area (Å²) in [6, 6.07) is 23.6. The quantitative estimate of drug-likeness (QED) is 0.905. The molecule has 2 heterocycles. The topological polar surface area (TPSA) is 18.5 Å². The molecule has 25 heavy (non-hydrogen) atoms. The molecule has 3 heteroatoms. The summed E-state index contributed by atoms with van der Waals surface area (Å²) >= 11 is 0. The molecule has 0 aromatic heterocycles. The van der Waals surface area contributed by atoms with E-state index in [2.05, 4.69) is 82.7 Å². The molecule has 2 atom stereocenters. The van der Waals surface area contributed by atoms with E-state index in [1.54, 1.807) is 0 Å². The van der Waals surface area contributed by atoms with Gasteiger partial charge in [-0.15, -0.1) is 0 Å². The molecule has 0 amide bonds. The summed E-state index contributed by atoms with van der Waals surface area (Å²) in [5.74, 6) is 0. The van der Waals surface area contributed by atoms with Crippen LogP contribution in [0.2, 0.25) is 0 Å². The minimum absolute atomic E-state index is 0.367. The van der Waals surface area contributed by atoms with E-state index in [9.17, 15) is 0 Å². The molecule has 4 rings (SSSR count). The number of hydrogen-bond donors (Lipinski definition) is 1. The second-order valence-corrected chi connectivity index (χ2v) is 7.34. The lowest BCUT2D eigenvalue weighted by molar-refractivity contribution is -0.00793. The van der Waals surface area contributed by atoms with Crippen LogP contribution in [0.4, 0.5) is 0 Å². The fraction of sp³-hybridized carbons (Fsp3) is 0.455. The third-order valence-electron chi connectivity index (χ3n) is 5.96. The lowest BCUT2D eigenvalue weighted by Gasteiger charge is -2.52. The second-order valence-electron chi connectivity index (χ2n) is 7.34. The Morgan fingerprint density at radius 1 is 0.840 bits per heavy atom. The molecular weight excluding hydrogens is 306 g/mol. The number of nitrogens with zero attached hydrogens (tertiary/aromatic N) is 2. The van der Waals surface area contributed by atoms with Crippen LogP contribution in [0.5, 0.6) is 0 Å². The summed E-state index contributed by atoms with van der Waals surface area (Å²) in [6.45, 7) is 8.21. The molecule has 0 spiro atoms. The number of rotatable bonds is 5. The fourth-order valence-electron chi connectivity index (χ4n) is 4.44. The van der Waals surface area contributed by atoms with Crippen LogP contribution in [0.15, 0.2) is 60.7 Å². The van der Waals surface area contributed by atoms with Gasteiger partial charge in [0.2, 0.25) is 0 Å². The van der Waals surface area contributed by atoms with Crippen LogP contribution in [0.3, 0.4) is 0 Å². The predicted octanol–water partition coefficient (Wildman–Crippen LogP) is 3.14. The highest BCUT2D eigenvalue weighted by Gasteiger charge is 2.40. The summed E-state index contributed by atoms with van der Waals surface area (Å²) in [5, 5.41) is 3.47. The van der Waals surface area contributed by atoms with E-state index >= 15 is 0 Å². The lowest BCUT2D eigenvalue weighted by atomic mass is 9.87. The first kappa shape index (κ1) is 16.8. The van der Waals surface area contributed by atoms with Gasteiger partial charge in [-0.1, -0.05) is 60.7 Å². The Bertz CT molecular complexity index is 612. The van der Waals surface area contributed by atoms with E-state index < -0.39 is 0 Å².